The highest BCUT2D eigenvalue weighted by Crippen LogP contribution is 2.34. The third kappa shape index (κ3) is 3.90. The highest BCUT2D eigenvalue weighted by molar-refractivity contribution is 7.99. The summed E-state index contributed by atoms with van der Waals surface area (Å²) in [6.45, 7) is 0.862. The average molecular weight is 313 g/mol. The zero-order chi connectivity index (χ0) is 15.4. The van der Waals surface area contributed by atoms with E-state index < -0.39 is 12.0 Å². The van der Waals surface area contributed by atoms with Crippen molar-refractivity contribution in [2.45, 2.75) is 23.6 Å². The lowest BCUT2D eigenvalue weighted by Gasteiger charge is -2.14. The molecule has 3 rings (SSSR count). The summed E-state index contributed by atoms with van der Waals surface area (Å²) < 4.78 is 0. The van der Waals surface area contributed by atoms with Crippen LogP contribution in [0.5, 0.6) is 0 Å². The zero-order valence-corrected chi connectivity index (χ0v) is 13.1. The van der Waals surface area contributed by atoms with Crippen molar-refractivity contribution in [3.63, 3.8) is 0 Å². The van der Waals surface area contributed by atoms with Crippen LogP contribution in [0.1, 0.15) is 11.1 Å². The van der Waals surface area contributed by atoms with Gasteiger partial charge in [0.1, 0.15) is 6.04 Å². The Morgan fingerprint density at radius 1 is 1.09 bits per heavy atom. The third-order valence-electron chi connectivity index (χ3n) is 3.85. The van der Waals surface area contributed by atoms with Gasteiger partial charge in [-0.05, 0) is 17.5 Å². The average Bonchev–Trinajstić information content (AvgIpc) is 3.31. The monoisotopic (exact) mass is 313 g/mol. The third-order valence-corrected chi connectivity index (χ3v) is 5.15. The van der Waals surface area contributed by atoms with Gasteiger partial charge in [-0.1, -0.05) is 60.7 Å². The molecule has 1 saturated heterocycles. The predicted molar refractivity (Wildman–Crippen MR) is 89.8 cm³/mol. The molecule has 0 amide bonds. The summed E-state index contributed by atoms with van der Waals surface area (Å²) >= 11 is 1.82. The van der Waals surface area contributed by atoms with Crippen LogP contribution in [0.15, 0.2) is 60.7 Å². The minimum atomic E-state index is -0.730. The minimum absolute atomic E-state index is 0.324. The van der Waals surface area contributed by atoms with Gasteiger partial charge in [0.15, 0.2) is 0 Å². The second-order valence-electron chi connectivity index (χ2n) is 5.49. The quantitative estimate of drug-likeness (QED) is 0.797. The normalized spacial score (nSPS) is 21.3. The molecule has 0 aliphatic carbocycles. The molecule has 1 fully saturated rings. The van der Waals surface area contributed by atoms with E-state index in [0.717, 1.165) is 17.9 Å². The van der Waals surface area contributed by atoms with Crippen LogP contribution >= 0.6 is 11.8 Å². The van der Waals surface area contributed by atoms with E-state index in [-0.39, 0.29) is 0 Å². The molecule has 1 aliphatic rings. The van der Waals surface area contributed by atoms with E-state index in [4.69, 9.17) is 0 Å². The van der Waals surface area contributed by atoms with Crippen LogP contribution < -0.4 is 0 Å². The van der Waals surface area contributed by atoms with Gasteiger partial charge < -0.3 is 5.11 Å². The zero-order valence-electron chi connectivity index (χ0n) is 12.3. The van der Waals surface area contributed by atoms with Crippen molar-refractivity contribution in [3.05, 3.63) is 71.8 Å². The standard InChI is InChI=1S/C18H19NO2S/c20-18(21)16(11-14-7-3-1-4-8-14)19-12-17(19)22-13-15-9-5-2-6-10-15/h1-10,16-17H,11-13H2,(H,20,21)/t16?,17-,19?/m0/s1. The van der Waals surface area contributed by atoms with Gasteiger partial charge >= 0.3 is 5.97 Å². The van der Waals surface area contributed by atoms with Gasteiger partial charge in [0.2, 0.25) is 0 Å². The van der Waals surface area contributed by atoms with E-state index in [1.165, 1.54) is 5.56 Å². The number of benzene rings is 2. The molecular formula is C18H19NO2S. The summed E-state index contributed by atoms with van der Waals surface area (Å²) in [4.78, 5) is 13.6. The van der Waals surface area contributed by atoms with Crippen LogP contribution in [0.4, 0.5) is 0 Å². The highest BCUT2D eigenvalue weighted by atomic mass is 32.2. The van der Waals surface area contributed by atoms with Crippen LogP contribution in [0.2, 0.25) is 0 Å². The molecule has 114 valence electrons. The first-order valence-corrected chi connectivity index (χ1v) is 8.47. The maximum atomic E-state index is 11.6. The Morgan fingerprint density at radius 3 is 2.27 bits per heavy atom. The van der Waals surface area contributed by atoms with Gasteiger partial charge in [-0.2, -0.15) is 0 Å². The Bertz CT molecular complexity index is 617. The van der Waals surface area contributed by atoms with Crippen molar-refractivity contribution < 1.29 is 9.90 Å². The van der Waals surface area contributed by atoms with Crippen LogP contribution in [0.3, 0.4) is 0 Å². The van der Waals surface area contributed by atoms with Crippen LogP contribution in [-0.4, -0.2) is 33.9 Å². The van der Waals surface area contributed by atoms with Crippen LogP contribution in [0, 0.1) is 0 Å². The van der Waals surface area contributed by atoms with E-state index in [2.05, 4.69) is 17.0 Å². The van der Waals surface area contributed by atoms with Crippen molar-refractivity contribution in [1.82, 2.24) is 4.90 Å². The number of carbonyl (C=O) groups is 1. The number of hydrogen-bond acceptors (Lipinski definition) is 3. The number of rotatable bonds is 7. The van der Waals surface area contributed by atoms with Gasteiger partial charge in [-0.3, -0.25) is 9.69 Å². The molecule has 1 N–H and O–H groups in total. The van der Waals surface area contributed by atoms with Gasteiger partial charge in [0.05, 0.1) is 5.37 Å². The molecule has 0 radical (unpaired) electrons. The lowest BCUT2D eigenvalue weighted by atomic mass is 10.1. The Labute approximate surface area is 135 Å². The molecule has 2 unspecified atom stereocenters. The molecule has 0 aromatic heterocycles. The van der Waals surface area contributed by atoms with Crippen molar-refractivity contribution >= 4 is 17.7 Å². The fraction of sp³-hybridized carbons (Fsp3) is 0.278. The molecule has 3 nitrogen and oxygen atoms in total. The molecule has 0 bridgehead atoms. The van der Waals surface area contributed by atoms with Gasteiger partial charge in [0, 0.05) is 12.3 Å². The largest absolute Gasteiger partial charge is 0.480 e. The number of thioether (sulfide) groups is 1. The Hall–Kier alpha value is -1.78. The number of hydrogen-bond donors (Lipinski definition) is 1. The Kier molecular flexibility index (Phi) is 4.80. The summed E-state index contributed by atoms with van der Waals surface area (Å²) in [6.07, 6.45) is 0.568. The van der Waals surface area contributed by atoms with Crippen molar-refractivity contribution in [1.29, 1.82) is 0 Å². The van der Waals surface area contributed by atoms with Crippen LogP contribution in [-0.2, 0) is 17.0 Å². The van der Waals surface area contributed by atoms with E-state index in [0.29, 0.717) is 11.8 Å². The molecule has 2 aromatic carbocycles. The second kappa shape index (κ2) is 6.99. The first-order chi connectivity index (χ1) is 10.7. The second-order valence-corrected chi connectivity index (χ2v) is 6.66. The fourth-order valence-electron chi connectivity index (χ4n) is 2.56. The minimum Gasteiger partial charge on any atom is -0.480 e. The molecule has 1 aliphatic heterocycles. The number of nitrogens with zero attached hydrogens (tertiary/aromatic N) is 1. The molecule has 0 spiro atoms. The summed E-state index contributed by atoms with van der Waals surface area (Å²) in [6, 6.07) is 19.7. The topological polar surface area (TPSA) is 40.3 Å². The summed E-state index contributed by atoms with van der Waals surface area (Å²) in [7, 11) is 0. The van der Waals surface area contributed by atoms with E-state index >= 15 is 0 Å². The summed E-state index contributed by atoms with van der Waals surface area (Å²) in [5.41, 5.74) is 2.36. The van der Waals surface area contributed by atoms with E-state index in [1.54, 1.807) is 0 Å². The summed E-state index contributed by atoms with van der Waals surface area (Å²) in [5, 5.41) is 9.82. The van der Waals surface area contributed by atoms with Gasteiger partial charge in [-0.15, -0.1) is 11.8 Å². The number of carboxylic acid groups (broad SMARTS) is 1. The molecule has 22 heavy (non-hydrogen) atoms. The van der Waals surface area contributed by atoms with Gasteiger partial charge in [0.25, 0.3) is 0 Å². The van der Waals surface area contributed by atoms with E-state index in [9.17, 15) is 9.90 Å². The number of carboxylic acids is 1. The molecule has 3 atom stereocenters. The van der Waals surface area contributed by atoms with Crippen molar-refractivity contribution in [2.75, 3.05) is 6.54 Å². The van der Waals surface area contributed by atoms with Crippen molar-refractivity contribution in [3.8, 4) is 0 Å². The Balaban J connectivity index is 1.55. The SMILES string of the molecule is O=C(O)C(Cc1ccccc1)N1C[C@@H]1SCc1ccccc1. The fourth-order valence-corrected chi connectivity index (χ4v) is 3.75. The smallest absolute Gasteiger partial charge is 0.321 e. The molecule has 4 heteroatoms. The van der Waals surface area contributed by atoms with E-state index in [1.807, 2.05) is 60.3 Å². The highest BCUT2D eigenvalue weighted by Gasteiger charge is 2.43. The molecule has 0 saturated carbocycles. The predicted octanol–water partition coefficient (Wildman–Crippen LogP) is 3.26. The number of aliphatic carboxylic acids is 1. The van der Waals surface area contributed by atoms with Gasteiger partial charge in [-0.25, -0.2) is 0 Å². The lowest BCUT2D eigenvalue weighted by Crippen LogP contribution is -2.32. The maximum absolute atomic E-state index is 11.6. The maximum Gasteiger partial charge on any atom is 0.321 e. The lowest BCUT2D eigenvalue weighted by molar-refractivity contribution is -0.141. The van der Waals surface area contributed by atoms with Crippen LogP contribution in [0.25, 0.3) is 0 Å². The summed E-state index contributed by atoms with van der Waals surface area (Å²) in [5.74, 6) is 0.200. The molecular weight excluding hydrogens is 294 g/mol. The Morgan fingerprint density at radius 2 is 1.68 bits per heavy atom. The first kappa shape index (κ1) is 15.1. The van der Waals surface area contributed by atoms with Crippen molar-refractivity contribution in [2.24, 2.45) is 0 Å². The first-order valence-electron chi connectivity index (χ1n) is 7.42. The molecule has 1 heterocycles. The molecule has 2 aromatic rings.